The minimum atomic E-state index is 1.02. The summed E-state index contributed by atoms with van der Waals surface area (Å²) in [6.07, 6.45) is 6.09. The van der Waals surface area contributed by atoms with Crippen LogP contribution in [0.1, 0.15) is 33.6 Å². The zero-order chi connectivity index (χ0) is 9.84. The zero-order valence-corrected chi connectivity index (χ0v) is 8.72. The summed E-state index contributed by atoms with van der Waals surface area (Å²) in [6.45, 7) is 10.1. The summed E-state index contributed by atoms with van der Waals surface area (Å²) in [4.78, 5) is 4.48. The summed E-state index contributed by atoms with van der Waals surface area (Å²) in [5, 5.41) is 0. The predicted molar refractivity (Wildman–Crippen MR) is 59.0 cm³/mol. The molecule has 0 aromatic carbocycles. The Bertz CT molecular complexity index is 303. The minimum Gasteiger partial charge on any atom is -0.258 e. The van der Waals surface area contributed by atoms with Crippen LogP contribution in [0.3, 0.4) is 0 Å². The summed E-state index contributed by atoms with van der Waals surface area (Å²) in [5.41, 5.74) is 4.97. The average Bonchev–Trinajstić information content (AvgIpc) is 2.41. The van der Waals surface area contributed by atoms with Crippen LogP contribution in [0.4, 0.5) is 0 Å². The van der Waals surface area contributed by atoms with E-state index in [1.165, 1.54) is 16.9 Å². The fraction of sp³-hybridized carbons (Fsp3) is 0.417. The molecule has 0 aromatic rings. The van der Waals surface area contributed by atoms with E-state index >= 15 is 0 Å². The number of rotatable bonds is 3. The van der Waals surface area contributed by atoms with E-state index in [9.17, 15) is 0 Å². The lowest BCUT2D eigenvalue weighted by molar-refractivity contribution is 1.14. The van der Waals surface area contributed by atoms with Gasteiger partial charge in [0.15, 0.2) is 0 Å². The van der Waals surface area contributed by atoms with Crippen LogP contribution in [0.25, 0.3) is 0 Å². The van der Waals surface area contributed by atoms with Crippen LogP contribution in [0.15, 0.2) is 40.6 Å². The van der Waals surface area contributed by atoms with E-state index in [0.29, 0.717) is 0 Å². The van der Waals surface area contributed by atoms with Crippen molar-refractivity contribution in [2.75, 3.05) is 0 Å². The Kier molecular flexibility index (Phi) is 3.24. The fourth-order valence-electron chi connectivity index (χ4n) is 1.45. The van der Waals surface area contributed by atoms with Crippen LogP contribution in [0, 0.1) is 0 Å². The Morgan fingerprint density at radius 3 is 2.62 bits per heavy atom. The highest BCUT2D eigenvalue weighted by molar-refractivity contribution is 5.88. The lowest BCUT2D eigenvalue weighted by Crippen LogP contribution is -1.82. The van der Waals surface area contributed by atoms with Crippen LogP contribution in [0.5, 0.6) is 0 Å². The molecule has 0 radical (unpaired) electrons. The van der Waals surface area contributed by atoms with Gasteiger partial charge in [0.05, 0.1) is 5.70 Å². The van der Waals surface area contributed by atoms with Gasteiger partial charge in [-0.2, -0.15) is 0 Å². The zero-order valence-electron chi connectivity index (χ0n) is 8.72. The first-order valence-electron chi connectivity index (χ1n) is 4.74. The predicted octanol–water partition coefficient (Wildman–Crippen LogP) is 3.65. The van der Waals surface area contributed by atoms with Crippen molar-refractivity contribution < 1.29 is 0 Å². The fourth-order valence-corrected chi connectivity index (χ4v) is 1.45. The largest absolute Gasteiger partial charge is 0.258 e. The molecule has 1 aliphatic heterocycles. The molecule has 0 fully saturated rings. The second-order valence-electron chi connectivity index (χ2n) is 3.47. The van der Waals surface area contributed by atoms with Gasteiger partial charge >= 0.3 is 0 Å². The first-order valence-corrected chi connectivity index (χ1v) is 4.74. The molecule has 0 saturated heterocycles. The van der Waals surface area contributed by atoms with Gasteiger partial charge in [-0.05, 0) is 37.5 Å². The first kappa shape index (κ1) is 9.97. The van der Waals surface area contributed by atoms with E-state index in [2.05, 4.69) is 38.4 Å². The molecule has 1 rings (SSSR count). The van der Waals surface area contributed by atoms with Crippen LogP contribution < -0.4 is 0 Å². The highest BCUT2D eigenvalue weighted by atomic mass is 14.8. The first-order chi connectivity index (χ1) is 6.17. The summed E-state index contributed by atoms with van der Waals surface area (Å²) >= 11 is 0. The van der Waals surface area contributed by atoms with Gasteiger partial charge in [-0.1, -0.05) is 19.6 Å². The van der Waals surface area contributed by atoms with Crippen LogP contribution in [-0.2, 0) is 0 Å². The van der Waals surface area contributed by atoms with Gasteiger partial charge in [-0.15, -0.1) is 0 Å². The Labute approximate surface area is 80.6 Å². The summed E-state index contributed by atoms with van der Waals surface area (Å²) < 4.78 is 0. The summed E-state index contributed by atoms with van der Waals surface area (Å²) in [7, 11) is 0. The van der Waals surface area contributed by atoms with Crippen molar-refractivity contribution in [3.05, 3.63) is 35.6 Å². The third-order valence-corrected chi connectivity index (χ3v) is 2.26. The number of aliphatic imine (C=N–C) groups is 1. The maximum absolute atomic E-state index is 4.48. The highest BCUT2D eigenvalue weighted by Gasteiger charge is 2.08. The van der Waals surface area contributed by atoms with Crippen molar-refractivity contribution in [1.29, 1.82) is 0 Å². The number of nitrogens with zero attached hydrogens (tertiary/aromatic N) is 1. The summed E-state index contributed by atoms with van der Waals surface area (Å²) in [6, 6.07) is 0. The van der Waals surface area contributed by atoms with E-state index in [-0.39, 0.29) is 0 Å². The second-order valence-corrected chi connectivity index (χ2v) is 3.47. The van der Waals surface area contributed by atoms with E-state index in [0.717, 1.165) is 18.5 Å². The average molecular weight is 175 g/mol. The van der Waals surface area contributed by atoms with E-state index < -0.39 is 0 Å². The molecule has 1 heterocycles. The van der Waals surface area contributed by atoms with Gasteiger partial charge in [0, 0.05) is 12.1 Å². The number of hydrogen-bond donors (Lipinski definition) is 0. The van der Waals surface area contributed by atoms with Gasteiger partial charge < -0.3 is 0 Å². The van der Waals surface area contributed by atoms with Gasteiger partial charge in [-0.25, -0.2) is 0 Å². The van der Waals surface area contributed by atoms with E-state index in [4.69, 9.17) is 0 Å². The molecule has 0 saturated carbocycles. The third kappa shape index (κ3) is 2.41. The molecule has 0 aromatic heterocycles. The molecule has 1 aliphatic rings. The molecule has 0 amide bonds. The molecule has 0 spiro atoms. The molecule has 0 unspecified atom stereocenters. The molecular formula is C12H17N. The molecule has 70 valence electrons. The number of allylic oxidation sites excluding steroid dienone is 4. The topological polar surface area (TPSA) is 12.4 Å². The lowest BCUT2D eigenvalue weighted by Gasteiger charge is -1.97. The molecule has 1 nitrogen and oxygen atoms in total. The van der Waals surface area contributed by atoms with Crippen molar-refractivity contribution in [3.63, 3.8) is 0 Å². The molecule has 0 aliphatic carbocycles. The van der Waals surface area contributed by atoms with Crippen molar-refractivity contribution >= 4 is 5.71 Å². The normalized spacial score (nSPS) is 17.8. The molecule has 0 N–H and O–H groups in total. The molecular weight excluding hydrogens is 158 g/mol. The Morgan fingerprint density at radius 1 is 1.54 bits per heavy atom. The van der Waals surface area contributed by atoms with Gasteiger partial charge in [-0.3, -0.25) is 4.99 Å². The van der Waals surface area contributed by atoms with Crippen LogP contribution in [0.2, 0.25) is 0 Å². The Morgan fingerprint density at radius 2 is 2.23 bits per heavy atom. The van der Waals surface area contributed by atoms with Crippen LogP contribution >= 0.6 is 0 Å². The monoisotopic (exact) mass is 175 g/mol. The maximum Gasteiger partial charge on any atom is 0.0624 e. The van der Waals surface area contributed by atoms with Crippen molar-refractivity contribution in [2.24, 2.45) is 4.99 Å². The standard InChI is InChI=1S/C12H17N/c1-5-11(6-2)8-12-9(3)7-10(4)13-12/h5,8H,1,6-7H2,2-4H3/b11-8+. The molecule has 13 heavy (non-hydrogen) atoms. The van der Waals surface area contributed by atoms with E-state index in [1.54, 1.807) is 0 Å². The molecule has 0 bridgehead atoms. The molecule has 0 atom stereocenters. The van der Waals surface area contributed by atoms with Gasteiger partial charge in [0.1, 0.15) is 0 Å². The van der Waals surface area contributed by atoms with Crippen LogP contribution in [-0.4, -0.2) is 5.71 Å². The van der Waals surface area contributed by atoms with Crippen molar-refractivity contribution in [3.8, 4) is 0 Å². The van der Waals surface area contributed by atoms with Gasteiger partial charge in [0.25, 0.3) is 0 Å². The Hall–Kier alpha value is -1.11. The van der Waals surface area contributed by atoms with Crippen molar-refractivity contribution in [1.82, 2.24) is 0 Å². The minimum absolute atomic E-state index is 1.02. The highest BCUT2D eigenvalue weighted by Crippen LogP contribution is 2.22. The van der Waals surface area contributed by atoms with Crippen molar-refractivity contribution in [2.45, 2.75) is 33.6 Å². The summed E-state index contributed by atoms with van der Waals surface area (Å²) in [5.74, 6) is 0. The lowest BCUT2D eigenvalue weighted by atomic mass is 10.1. The Balaban J connectivity index is 2.89. The quantitative estimate of drug-likeness (QED) is 0.581. The van der Waals surface area contributed by atoms with E-state index in [1.807, 2.05) is 6.08 Å². The second kappa shape index (κ2) is 4.22. The maximum atomic E-state index is 4.48. The smallest absolute Gasteiger partial charge is 0.0624 e. The molecule has 1 heteroatoms. The number of hydrogen-bond acceptors (Lipinski definition) is 1. The third-order valence-electron chi connectivity index (χ3n) is 2.26. The van der Waals surface area contributed by atoms with Gasteiger partial charge in [0.2, 0.25) is 0 Å². The SMILES string of the molecule is C=C/C(=C\C1=C(C)CC(C)=N1)CC.